The Morgan fingerprint density at radius 2 is 1.04 bits per heavy atom. The number of H-pyrrole nitrogens is 3. The van der Waals surface area contributed by atoms with Gasteiger partial charge in [-0.05, 0) is 36.4 Å². The largest absolute Gasteiger partial charge is 0.494 e. The van der Waals surface area contributed by atoms with Crippen molar-refractivity contribution in [3.8, 4) is 11.8 Å². The molecule has 132 valence electrons. The van der Waals surface area contributed by atoms with Crippen molar-refractivity contribution in [3.05, 3.63) is 46.4 Å². The van der Waals surface area contributed by atoms with Crippen LogP contribution in [-0.2, 0) is 0 Å². The third-order valence-corrected chi connectivity index (χ3v) is 5.70. The average Bonchev–Trinajstić information content (AvgIpc) is 3.26. The predicted octanol–water partition coefficient (Wildman–Crippen LogP) is 6.15. The minimum Gasteiger partial charge on any atom is -0.494 e. The molecule has 3 aromatic carbocycles. The summed E-state index contributed by atoms with van der Waals surface area (Å²) in [6.45, 7) is 0. The highest BCUT2D eigenvalue weighted by Crippen LogP contribution is 2.48. The predicted molar refractivity (Wildman–Crippen MR) is 110 cm³/mol. The summed E-state index contributed by atoms with van der Waals surface area (Å²) in [5.41, 5.74) is 3.44. The highest BCUT2D eigenvalue weighted by Gasteiger charge is 2.23. The SMILES string of the molecule is Oc1[nH]c(O)c2c1c1c3cc(Cl)ccc3[nH]c1c1[nH]c3ccc(Cl)cc3c12. The molecule has 6 aromatic rings. The van der Waals surface area contributed by atoms with Crippen LogP contribution in [-0.4, -0.2) is 25.2 Å². The van der Waals surface area contributed by atoms with Crippen LogP contribution in [0.2, 0.25) is 10.0 Å². The summed E-state index contributed by atoms with van der Waals surface area (Å²) in [7, 11) is 0. The zero-order valence-corrected chi connectivity index (χ0v) is 15.1. The molecule has 0 atom stereocenters. The number of rotatable bonds is 0. The summed E-state index contributed by atoms with van der Waals surface area (Å²) < 4.78 is 0. The van der Waals surface area contributed by atoms with Gasteiger partial charge in [-0.2, -0.15) is 0 Å². The lowest BCUT2D eigenvalue weighted by Gasteiger charge is -2.01. The summed E-state index contributed by atoms with van der Waals surface area (Å²) in [5.74, 6) is -0.182. The molecular formula is C20H11Cl2N3O2. The van der Waals surface area contributed by atoms with Crippen molar-refractivity contribution in [3.63, 3.8) is 0 Å². The van der Waals surface area contributed by atoms with E-state index in [1.54, 1.807) is 0 Å². The maximum Gasteiger partial charge on any atom is 0.200 e. The van der Waals surface area contributed by atoms with E-state index in [0.29, 0.717) is 20.8 Å². The van der Waals surface area contributed by atoms with Crippen LogP contribution in [0.15, 0.2) is 36.4 Å². The molecule has 0 fully saturated rings. The summed E-state index contributed by atoms with van der Waals surface area (Å²) >= 11 is 12.4. The van der Waals surface area contributed by atoms with Crippen molar-refractivity contribution >= 4 is 77.6 Å². The van der Waals surface area contributed by atoms with E-state index in [1.807, 2.05) is 36.4 Å². The molecule has 0 aliphatic rings. The average molecular weight is 396 g/mol. The van der Waals surface area contributed by atoms with Gasteiger partial charge in [-0.3, -0.25) is 4.98 Å². The molecule has 0 unspecified atom stereocenters. The van der Waals surface area contributed by atoms with Crippen LogP contribution in [0.1, 0.15) is 0 Å². The molecule has 0 radical (unpaired) electrons. The highest BCUT2D eigenvalue weighted by atomic mass is 35.5. The lowest BCUT2D eigenvalue weighted by Crippen LogP contribution is -1.77. The van der Waals surface area contributed by atoms with Gasteiger partial charge in [0.2, 0.25) is 0 Å². The van der Waals surface area contributed by atoms with E-state index in [1.165, 1.54) is 0 Å². The van der Waals surface area contributed by atoms with E-state index in [0.717, 1.165) is 43.6 Å². The first-order valence-corrected chi connectivity index (χ1v) is 9.06. The van der Waals surface area contributed by atoms with Crippen LogP contribution >= 0.6 is 23.2 Å². The molecule has 0 amide bonds. The van der Waals surface area contributed by atoms with E-state index in [4.69, 9.17) is 23.2 Å². The Bertz CT molecular complexity index is 1460. The zero-order valence-electron chi connectivity index (χ0n) is 13.6. The summed E-state index contributed by atoms with van der Waals surface area (Å²) in [6.07, 6.45) is 0. The Balaban J connectivity index is 2.05. The Labute approximate surface area is 161 Å². The molecule has 6 rings (SSSR count). The van der Waals surface area contributed by atoms with Gasteiger partial charge in [0, 0.05) is 42.6 Å². The normalized spacial score (nSPS) is 12.4. The van der Waals surface area contributed by atoms with E-state index < -0.39 is 0 Å². The second kappa shape index (κ2) is 4.82. The second-order valence-corrected chi connectivity index (χ2v) is 7.57. The van der Waals surface area contributed by atoms with Gasteiger partial charge in [-0.15, -0.1) is 0 Å². The minimum absolute atomic E-state index is 0.0911. The van der Waals surface area contributed by atoms with Crippen molar-refractivity contribution in [1.29, 1.82) is 0 Å². The first-order chi connectivity index (χ1) is 13.0. The smallest absolute Gasteiger partial charge is 0.200 e. The molecule has 3 aromatic heterocycles. The van der Waals surface area contributed by atoms with E-state index in [2.05, 4.69) is 15.0 Å². The summed E-state index contributed by atoms with van der Waals surface area (Å²) in [6, 6.07) is 11.1. The molecule has 0 aliphatic carbocycles. The lowest BCUT2D eigenvalue weighted by molar-refractivity contribution is 0.429. The topological polar surface area (TPSA) is 87.8 Å². The molecule has 5 N–H and O–H groups in total. The number of nitrogens with one attached hydrogen (secondary N) is 3. The quantitative estimate of drug-likeness (QED) is 0.213. The second-order valence-electron chi connectivity index (χ2n) is 6.70. The van der Waals surface area contributed by atoms with Gasteiger partial charge >= 0.3 is 0 Å². The third-order valence-electron chi connectivity index (χ3n) is 5.23. The molecule has 3 heterocycles. The van der Waals surface area contributed by atoms with Gasteiger partial charge < -0.3 is 20.2 Å². The van der Waals surface area contributed by atoms with Gasteiger partial charge in [0.25, 0.3) is 0 Å². The van der Waals surface area contributed by atoms with Crippen LogP contribution in [0.4, 0.5) is 0 Å². The highest BCUT2D eigenvalue weighted by molar-refractivity contribution is 6.39. The standard InChI is InChI=1S/C20H11Cl2N3O2/c21-7-1-3-11-9(5-7)13-15-16(20(27)25-19(15)26)14-10-6-8(22)2-4-12(10)24-18(14)17(13)23-11/h1-6,23-27H. The maximum absolute atomic E-state index is 10.6. The molecule has 0 spiro atoms. The monoisotopic (exact) mass is 395 g/mol. The van der Waals surface area contributed by atoms with Crippen LogP contribution in [0, 0.1) is 0 Å². The number of halogens is 2. The maximum atomic E-state index is 10.6. The number of aromatic hydroxyl groups is 2. The Morgan fingerprint density at radius 1 is 0.593 bits per heavy atom. The zero-order chi connectivity index (χ0) is 18.4. The van der Waals surface area contributed by atoms with Crippen molar-refractivity contribution < 1.29 is 10.2 Å². The van der Waals surface area contributed by atoms with Crippen LogP contribution in [0.3, 0.4) is 0 Å². The fourth-order valence-corrected chi connectivity index (χ4v) is 4.53. The van der Waals surface area contributed by atoms with Gasteiger partial charge in [-0.25, -0.2) is 0 Å². The first kappa shape index (κ1) is 15.1. The molecule has 0 saturated carbocycles. The molecule has 27 heavy (non-hydrogen) atoms. The Hall–Kier alpha value is -3.02. The van der Waals surface area contributed by atoms with Crippen LogP contribution < -0.4 is 0 Å². The van der Waals surface area contributed by atoms with Crippen molar-refractivity contribution in [2.45, 2.75) is 0 Å². The van der Waals surface area contributed by atoms with Crippen molar-refractivity contribution in [2.24, 2.45) is 0 Å². The van der Waals surface area contributed by atoms with Crippen LogP contribution in [0.25, 0.3) is 54.4 Å². The van der Waals surface area contributed by atoms with E-state index in [9.17, 15) is 10.2 Å². The number of fused-ring (bicyclic) bond motifs is 10. The third kappa shape index (κ3) is 1.80. The summed E-state index contributed by atoms with van der Waals surface area (Å²) in [5, 5.41) is 26.7. The molecule has 0 bridgehead atoms. The number of aromatic nitrogens is 3. The lowest BCUT2D eigenvalue weighted by atomic mass is 10.0. The molecular weight excluding hydrogens is 385 g/mol. The van der Waals surface area contributed by atoms with E-state index in [-0.39, 0.29) is 11.8 Å². The molecule has 5 nitrogen and oxygen atoms in total. The number of hydrogen-bond donors (Lipinski definition) is 5. The van der Waals surface area contributed by atoms with E-state index >= 15 is 0 Å². The fourth-order valence-electron chi connectivity index (χ4n) is 4.18. The minimum atomic E-state index is -0.0911. The van der Waals surface area contributed by atoms with Gasteiger partial charge in [-0.1, -0.05) is 23.2 Å². The Kier molecular flexibility index (Phi) is 2.69. The number of benzene rings is 3. The number of aromatic amines is 3. The Morgan fingerprint density at radius 3 is 1.48 bits per heavy atom. The van der Waals surface area contributed by atoms with Crippen molar-refractivity contribution in [2.75, 3.05) is 0 Å². The molecule has 0 aliphatic heterocycles. The summed E-state index contributed by atoms with van der Waals surface area (Å²) in [4.78, 5) is 9.50. The van der Waals surface area contributed by atoms with Crippen LogP contribution in [0.5, 0.6) is 11.8 Å². The van der Waals surface area contributed by atoms with Gasteiger partial charge in [0.05, 0.1) is 21.8 Å². The first-order valence-electron chi connectivity index (χ1n) is 8.30. The molecule has 0 saturated heterocycles. The molecule has 7 heteroatoms. The van der Waals surface area contributed by atoms with Gasteiger partial charge in [0.1, 0.15) is 0 Å². The number of hydrogen-bond acceptors (Lipinski definition) is 2. The van der Waals surface area contributed by atoms with Crippen molar-refractivity contribution in [1.82, 2.24) is 15.0 Å². The fraction of sp³-hybridized carbons (Fsp3) is 0. The van der Waals surface area contributed by atoms with Gasteiger partial charge in [0.15, 0.2) is 11.8 Å².